The fourth-order valence-corrected chi connectivity index (χ4v) is 3.91. The van der Waals surface area contributed by atoms with Gasteiger partial charge in [-0.25, -0.2) is 0 Å². The summed E-state index contributed by atoms with van der Waals surface area (Å²) in [7, 11) is 0. The van der Waals surface area contributed by atoms with Crippen LogP contribution in [0.2, 0.25) is 0 Å². The van der Waals surface area contributed by atoms with E-state index >= 15 is 0 Å². The maximum Gasteiger partial charge on any atom is 0.305 e. The van der Waals surface area contributed by atoms with Crippen LogP contribution in [0.25, 0.3) is 0 Å². The average molecular weight is 471 g/mol. The minimum Gasteiger partial charge on any atom is -0.463 e. The molecule has 0 bridgehead atoms. The molecule has 0 amide bonds. The van der Waals surface area contributed by atoms with Gasteiger partial charge in [-0.1, -0.05) is 123 Å². The van der Waals surface area contributed by atoms with Crippen LogP contribution in [0.5, 0.6) is 0 Å². The van der Waals surface area contributed by atoms with Gasteiger partial charge in [0.05, 0.1) is 0 Å². The lowest BCUT2D eigenvalue weighted by Gasteiger charge is -2.12. The van der Waals surface area contributed by atoms with Gasteiger partial charge in [0.25, 0.3) is 0 Å². The molecule has 0 spiro atoms. The summed E-state index contributed by atoms with van der Waals surface area (Å²) < 4.78 is 10.2. The Morgan fingerprint density at radius 3 is 1.09 bits per heavy atom. The summed E-state index contributed by atoms with van der Waals surface area (Å²) in [5.41, 5.74) is 0. The van der Waals surface area contributed by atoms with Gasteiger partial charge in [-0.2, -0.15) is 0 Å². The minimum atomic E-state index is -0.950. The Hall–Kier alpha value is -1.10. The predicted octanol–water partition coefficient (Wildman–Crippen LogP) is 7.67. The van der Waals surface area contributed by atoms with Crippen molar-refractivity contribution in [3.8, 4) is 0 Å². The molecule has 0 fully saturated rings. The molecule has 0 aliphatic rings. The highest BCUT2D eigenvalue weighted by atomic mass is 16.6. The average Bonchev–Trinajstić information content (AvgIpc) is 2.81. The van der Waals surface area contributed by atoms with Crippen LogP contribution in [-0.2, 0) is 19.1 Å². The van der Waals surface area contributed by atoms with Crippen LogP contribution in [-0.4, -0.2) is 36.4 Å². The monoisotopic (exact) mass is 470 g/mol. The minimum absolute atomic E-state index is 0.109. The van der Waals surface area contributed by atoms with Gasteiger partial charge in [-0.15, -0.1) is 0 Å². The fourth-order valence-electron chi connectivity index (χ4n) is 3.91. The van der Waals surface area contributed by atoms with E-state index in [-0.39, 0.29) is 25.2 Å². The van der Waals surface area contributed by atoms with E-state index in [1.165, 1.54) is 89.9 Å². The molecule has 5 heteroatoms. The molecular formula is C28H54O5. The number of ether oxygens (including phenoxy) is 2. The lowest BCUT2D eigenvalue weighted by Crippen LogP contribution is -2.25. The van der Waals surface area contributed by atoms with Gasteiger partial charge in [0.1, 0.15) is 19.3 Å². The van der Waals surface area contributed by atoms with Crippen molar-refractivity contribution in [2.24, 2.45) is 0 Å². The highest BCUT2D eigenvalue weighted by molar-refractivity contribution is 5.69. The van der Waals surface area contributed by atoms with Crippen LogP contribution in [0, 0.1) is 0 Å². The van der Waals surface area contributed by atoms with Crippen molar-refractivity contribution < 1.29 is 24.2 Å². The Bertz CT molecular complexity index is 438. The van der Waals surface area contributed by atoms with E-state index in [0.717, 1.165) is 32.1 Å². The van der Waals surface area contributed by atoms with Crippen molar-refractivity contribution in [1.82, 2.24) is 0 Å². The van der Waals surface area contributed by atoms with Crippen LogP contribution in [0.1, 0.15) is 149 Å². The highest BCUT2D eigenvalue weighted by Gasteiger charge is 2.12. The molecule has 0 heterocycles. The number of hydrogen-bond donors (Lipinski definition) is 1. The van der Waals surface area contributed by atoms with Gasteiger partial charge in [0.15, 0.2) is 0 Å². The fraction of sp³-hybridized carbons (Fsp3) is 0.929. The van der Waals surface area contributed by atoms with E-state index in [1.807, 2.05) is 0 Å². The number of unbranched alkanes of at least 4 members (excludes halogenated alkanes) is 17. The Balaban J connectivity index is 3.42. The smallest absolute Gasteiger partial charge is 0.305 e. The normalized spacial score (nSPS) is 12.0. The largest absolute Gasteiger partial charge is 0.463 e. The van der Waals surface area contributed by atoms with Crippen LogP contribution in [0.15, 0.2) is 0 Å². The first-order valence-electron chi connectivity index (χ1n) is 14.1. The number of aliphatic hydroxyl groups excluding tert-OH is 1. The molecule has 33 heavy (non-hydrogen) atoms. The molecule has 1 atom stereocenters. The molecule has 0 unspecified atom stereocenters. The molecule has 0 aromatic heterocycles. The SMILES string of the molecule is CCCCCCCCCCCCCCC(=O)OC[C@H](O)COC(=O)CCCCCCCCC. The predicted molar refractivity (Wildman–Crippen MR) is 136 cm³/mol. The zero-order valence-corrected chi connectivity index (χ0v) is 21.9. The molecule has 0 aromatic rings. The summed E-state index contributed by atoms with van der Waals surface area (Å²) in [5.74, 6) is -0.569. The molecule has 0 radical (unpaired) electrons. The summed E-state index contributed by atoms with van der Waals surface area (Å²) in [4.78, 5) is 23.5. The van der Waals surface area contributed by atoms with Gasteiger partial charge < -0.3 is 14.6 Å². The van der Waals surface area contributed by atoms with E-state index < -0.39 is 6.10 Å². The van der Waals surface area contributed by atoms with Crippen molar-refractivity contribution >= 4 is 11.9 Å². The molecule has 1 N–H and O–H groups in total. The number of carbonyl (C=O) groups is 2. The topological polar surface area (TPSA) is 72.8 Å². The lowest BCUT2D eigenvalue weighted by molar-refractivity contribution is -0.152. The van der Waals surface area contributed by atoms with Crippen molar-refractivity contribution in [1.29, 1.82) is 0 Å². The standard InChI is InChI=1S/C28H54O5/c1-3-5-7-9-11-12-13-14-15-17-19-21-23-28(31)33-25-26(29)24-32-27(30)22-20-18-16-10-8-6-4-2/h26,29H,3-25H2,1-2H3/t26-/m1/s1. The van der Waals surface area contributed by atoms with Crippen LogP contribution >= 0.6 is 0 Å². The van der Waals surface area contributed by atoms with Crippen LogP contribution < -0.4 is 0 Å². The van der Waals surface area contributed by atoms with Gasteiger partial charge in [0.2, 0.25) is 0 Å². The molecule has 0 rings (SSSR count). The summed E-state index contributed by atoms with van der Waals surface area (Å²) in [6.07, 6.45) is 23.0. The third kappa shape index (κ3) is 25.4. The number of carbonyl (C=O) groups excluding carboxylic acids is 2. The van der Waals surface area contributed by atoms with Crippen LogP contribution in [0.3, 0.4) is 0 Å². The van der Waals surface area contributed by atoms with Gasteiger partial charge >= 0.3 is 11.9 Å². The molecule has 5 nitrogen and oxygen atoms in total. The lowest BCUT2D eigenvalue weighted by atomic mass is 10.0. The Kier molecular flexibility index (Phi) is 24.7. The molecule has 0 saturated carbocycles. The first kappa shape index (κ1) is 31.9. The maximum absolute atomic E-state index is 11.8. The molecule has 0 aromatic carbocycles. The summed E-state index contributed by atoms with van der Waals surface area (Å²) in [6, 6.07) is 0. The zero-order chi connectivity index (χ0) is 24.4. The molecule has 0 aliphatic heterocycles. The van der Waals surface area contributed by atoms with E-state index in [0.29, 0.717) is 12.8 Å². The first-order valence-corrected chi connectivity index (χ1v) is 14.1. The second-order valence-electron chi connectivity index (χ2n) is 9.53. The summed E-state index contributed by atoms with van der Waals surface area (Å²) >= 11 is 0. The van der Waals surface area contributed by atoms with Crippen LogP contribution in [0.4, 0.5) is 0 Å². The number of rotatable bonds is 25. The zero-order valence-electron chi connectivity index (χ0n) is 21.9. The van der Waals surface area contributed by atoms with E-state index in [2.05, 4.69) is 13.8 Å². The number of aliphatic hydroxyl groups is 1. The number of hydrogen-bond acceptors (Lipinski definition) is 5. The Morgan fingerprint density at radius 1 is 0.515 bits per heavy atom. The third-order valence-corrected chi connectivity index (χ3v) is 6.09. The quantitative estimate of drug-likeness (QED) is 0.109. The van der Waals surface area contributed by atoms with Crippen molar-refractivity contribution in [2.45, 2.75) is 155 Å². The van der Waals surface area contributed by atoms with Crippen molar-refractivity contribution in [3.63, 3.8) is 0 Å². The Morgan fingerprint density at radius 2 is 0.788 bits per heavy atom. The molecular weight excluding hydrogens is 416 g/mol. The molecule has 0 aliphatic carbocycles. The van der Waals surface area contributed by atoms with Gasteiger partial charge in [-0.05, 0) is 12.8 Å². The third-order valence-electron chi connectivity index (χ3n) is 6.09. The summed E-state index contributed by atoms with van der Waals surface area (Å²) in [6.45, 7) is 4.23. The van der Waals surface area contributed by atoms with Gasteiger partial charge in [-0.3, -0.25) is 9.59 Å². The second kappa shape index (κ2) is 25.5. The van der Waals surface area contributed by atoms with Crippen molar-refractivity contribution in [3.05, 3.63) is 0 Å². The van der Waals surface area contributed by atoms with E-state index in [1.54, 1.807) is 0 Å². The van der Waals surface area contributed by atoms with Gasteiger partial charge in [0, 0.05) is 12.8 Å². The van der Waals surface area contributed by atoms with E-state index in [4.69, 9.17) is 9.47 Å². The van der Waals surface area contributed by atoms with Crippen molar-refractivity contribution in [2.75, 3.05) is 13.2 Å². The summed E-state index contributed by atoms with van der Waals surface area (Å²) in [5, 5.41) is 9.86. The number of esters is 2. The molecule has 0 saturated heterocycles. The highest BCUT2D eigenvalue weighted by Crippen LogP contribution is 2.13. The first-order chi connectivity index (χ1) is 16.1. The van der Waals surface area contributed by atoms with E-state index in [9.17, 15) is 14.7 Å². The second-order valence-corrected chi connectivity index (χ2v) is 9.53. The maximum atomic E-state index is 11.8. The molecule has 196 valence electrons. The Labute approximate surface area is 204 Å².